The van der Waals surface area contributed by atoms with E-state index in [0.717, 1.165) is 0 Å². The monoisotopic (exact) mass is 452 g/mol. The molecular formula is C24H24N2O5S. The Morgan fingerprint density at radius 3 is 2.41 bits per heavy atom. The maximum atomic E-state index is 13.1. The van der Waals surface area contributed by atoms with Crippen molar-refractivity contribution >= 4 is 21.6 Å². The Kier molecular flexibility index (Phi) is 6.55. The van der Waals surface area contributed by atoms with Gasteiger partial charge in [-0.1, -0.05) is 36.4 Å². The molecular weight excluding hydrogens is 428 g/mol. The minimum atomic E-state index is -3.71. The number of carbonyl (C=O) groups excluding carboxylic acids is 1. The smallest absolute Gasteiger partial charge is 0.256 e. The van der Waals surface area contributed by atoms with Crippen molar-refractivity contribution in [2.75, 3.05) is 31.6 Å². The lowest BCUT2D eigenvalue weighted by Gasteiger charge is -2.26. The highest BCUT2D eigenvalue weighted by Crippen LogP contribution is 2.30. The largest absolute Gasteiger partial charge is 0.455 e. The fraction of sp³-hybridized carbons (Fsp3) is 0.208. The van der Waals surface area contributed by atoms with Gasteiger partial charge in [0, 0.05) is 18.7 Å². The summed E-state index contributed by atoms with van der Waals surface area (Å²) in [4.78, 5) is 13.2. The van der Waals surface area contributed by atoms with Crippen LogP contribution in [0, 0.1) is 6.92 Å². The van der Waals surface area contributed by atoms with Gasteiger partial charge in [-0.2, -0.15) is 4.31 Å². The van der Waals surface area contributed by atoms with Crippen LogP contribution in [0.15, 0.2) is 77.7 Å². The summed E-state index contributed by atoms with van der Waals surface area (Å²) in [6.45, 7) is 3.07. The van der Waals surface area contributed by atoms with Crippen LogP contribution in [0.2, 0.25) is 0 Å². The number of ether oxygens (including phenoxy) is 2. The molecule has 8 heteroatoms. The SMILES string of the molecule is Cc1ccc(S(=O)(=O)N2CCOCC2)cc1C(=O)Nc1ccccc1Oc1ccccc1. The van der Waals surface area contributed by atoms with Crippen LogP contribution in [0.3, 0.4) is 0 Å². The lowest BCUT2D eigenvalue weighted by molar-refractivity contribution is 0.0730. The summed E-state index contributed by atoms with van der Waals surface area (Å²) >= 11 is 0. The minimum Gasteiger partial charge on any atom is -0.455 e. The van der Waals surface area contributed by atoms with Crippen molar-refractivity contribution in [1.82, 2.24) is 4.31 Å². The average Bonchev–Trinajstić information content (AvgIpc) is 2.81. The van der Waals surface area contributed by atoms with Crippen molar-refractivity contribution in [3.8, 4) is 11.5 Å². The number of hydrogen-bond acceptors (Lipinski definition) is 5. The highest BCUT2D eigenvalue weighted by molar-refractivity contribution is 7.89. The molecule has 1 N–H and O–H groups in total. The predicted molar refractivity (Wildman–Crippen MR) is 122 cm³/mol. The van der Waals surface area contributed by atoms with Crippen molar-refractivity contribution in [3.63, 3.8) is 0 Å². The topological polar surface area (TPSA) is 84.9 Å². The molecule has 166 valence electrons. The van der Waals surface area contributed by atoms with E-state index < -0.39 is 15.9 Å². The summed E-state index contributed by atoms with van der Waals surface area (Å²) in [6.07, 6.45) is 0. The Labute approximate surface area is 187 Å². The standard InChI is InChI=1S/C24H24N2O5S/c1-18-11-12-20(32(28,29)26-13-15-30-16-14-26)17-21(18)24(27)25-22-9-5-6-10-23(22)31-19-7-3-2-4-8-19/h2-12,17H,13-16H2,1H3,(H,25,27). The predicted octanol–water partition coefficient (Wildman–Crippen LogP) is 4.06. The lowest BCUT2D eigenvalue weighted by Crippen LogP contribution is -2.40. The van der Waals surface area contributed by atoms with Crippen molar-refractivity contribution in [2.24, 2.45) is 0 Å². The van der Waals surface area contributed by atoms with Crippen molar-refractivity contribution < 1.29 is 22.7 Å². The van der Waals surface area contributed by atoms with Gasteiger partial charge in [0.15, 0.2) is 5.75 Å². The van der Waals surface area contributed by atoms with Gasteiger partial charge in [-0.3, -0.25) is 4.79 Å². The second-order valence-corrected chi connectivity index (χ2v) is 9.30. The molecule has 1 heterocycles. The summed E-state index contributed by atoms with van der Waals surface area (Å²) in [6, 6.07) is 21.0. The van der Waals surface area contributed by atoms with Crippen LogP contribution < -0.4 is 10.1 Å². The molecule has 0 aromatic heterocycles. The molecule has 1 fully saturated rings. The number of nitrogens with one attached hydrogen (secondary N) is 1. The fourth-order valence-electron chi connectivity index (χ4n) is 3.41. The summed E-state index contributed by atoms with van der Waals surface area (Å²) in [7, 11) is -3.71. The Bertz CT molecular complexity index is 1210. The highest BCUT2D eigenvalue weighted by Gasteiger charge is 2.27. The second-order valence-electron chi connectivity index (χ2n) is 7.36. The Morgan fingerprint density at radius 1 is 0.969 bits per heavy atom. The number of anilines is 1. The molecule has 1 amide bonds. The van der Waals surface area contributed by atoms with E-state index in [1.165, 1.54) is 16.4 Å². The molecule has 0 saturated carbocycles. The number of benzene rings is 3. The zero-order valence-electron chi connectivity index (χ0n) is 17.7. The Hall–Kier alpha value is -3.20. The Morgan fingerprint density at radius 2 is 1.66 bits per heavy atom. The van der Waals surface area contributed by atoms with Crippen LogP contribution in [0.1, 0.15) is 15.9 Å². The molecule has 0 aliphatic carbocycles. The van der Waals surface area contributed by atoms with E-state index in [-0.39, 0.29) is 10.5 Å². The van der Waals surface area contributed by atoms with Crippen molar-refractivity contribution in [2.45, 2.75) is 11.8 Å². The maximum Gasteiger partial charge on any atom is 0.256 e. The maximum absolute atomic E-state index is 13.1. The van der Waals surface area contributed by atoms with Crippen molar-refractivity contribution in [1.29, 1.82) is 0 Å². The van der Waals surface area contributed by atoms with E-state index in [0.29, 0.717) is 49.1 Å². The quantitative estimate of drug-likeness (QED) is 0.610. The van der Waals surface area contributed by atoms with Crippen LogP contribution in [0.4, 0.5) is 5.69 Å². The van der Waals surface area contributed by atoms with Crippen LogP contribution in [0.5, 0.6) is 11.5 Å². The first kappa shape index (κ1) is 22.0. The highest BCUT2D eigenvalue weighted by atomic mass is 32.2. The van der Waals surface area contributed by atoms with E-state index in [4.69, 9.17) is 9.47 Å². The molecule has 3 aromatic rings. The molecule has 0 atom stereocenters. The van der Waals surface area contributed by atoms with Crippen LogP contribution in [-0.2, 0) is 14.8 Å². The van der Waals surface area contributed by atoms with E-state index in [1.807, 2.05) is 36.4 Å². The first-order valence-electron chi connectivity index (χ1n) is 10.3. The molecule has 3 aromatic carbocycles. The minimum absolute atomic E-state index is 0.0870. The number of rotatable bonds is 6. The normalized spacial score (nSPS) is 14.7. The van der Waals surface area contributed by atoms with Gasteiger partial charge in [-0.25, -0.2) is 8.42 Å². The van der Waals surface area contributed by atoms with Gasteiger partial charge in [-0.15, -0.1) is 0 Å². The molecule has 7 nitrogen and oxygen atoms in total. The fourth-order valence-corrected chi connectivity index (χ4v) is 4.84. The van der Waals surface area contributed by atoms with Gasteiger partial charge in [0.2, 0.25) is 10.0 Å². The molecule has 0 bridgehead atoms. The third-order valence-corrected chi connectivity index (χ3v) is 7.06. The molecule has 4 rings (SSSR count). The third kappa shape index (κ3) is 4.83. The van der Waals surface area contributed by atoms with Gasteiger partial charge >= 0.3 is 0 Å². The zero-order valence-corrected chi connectivity index (χ0v) is 18.5. The summed E-state index contributed by atoms with van der Waals surface area (Å²) in [5.41, 5.74) is 1.45. The van der Waals surface area contributed by atoms with E-state index in [2.05, 4.69) is 5.32 Å². The number of aryl methyl sites for hydroxylation is 1. The van der Waals surface area contributed by atoms with Gasteiger partial charge in [0.05, 0.1) is 23.8 Å². The van der Waals surface area contributed by atoms with Gasteiger partial charge < -0.3 is 14.8 Å². The first-order chi connectivity index (χ1) is 15.4. The van der Waals surface area contributed by atoms with E-state index in [1.54, 1.807) is 31.2 Å². The van der Waals surface area contributed by atoms with Gasteiger partial charge in [-0.05, 0) is 48.9 Å². The average molecular weight is 453 g/mol. The summed E-state index contributed by atoms with van der Waals surface area (Å²) in [5.74, 6) is 0.719. The molecule has 1 saturated heterocycles. The number of carbonyl (C=O) groups is 1. The number of sulfonamides is 1. The molecule has 0 unspecified atom stereocenters. The molecule has 1 aliphatic heterocycles. The number of amides is 1. The number of nitrogens with zero attached hydrogens (tertiary/aromatic N) is 1. The number of hydrogen-bond donors (Lipinski definition) is 1. The van der Waals surface area contributed by atoms with Gasteiger partial charge in [0.25, 0.3) is 5.91 Å². The molecule has 0 spiro atoms. The van der Waals surface area contributed by atoms with E-state index in [9.17, 15) is 13.2 Å². The molecule has 0 radical (unpaired) electrons. The number of morpholine rings is 1. The second kappa shape index (κ2) is 9.52. The first-order valence-corrected chi connectivity index (χ1v) is 11.7. The molecule has 1 aliphatic rings. The number of para-hydroxylation sites is 3. The summed E-state index contributed by atoms with van der Waals surface area (Å²) < 4.78 is 38.6. The van der Waals surface area contributed by atoms with Crippen LogP contribution in [0.25, 0.3) is 0 Å². The lowest BCUT2D eigenvalue weighted by atomic mass is 10.1. The molecule has 32 heavy (non-hydrogen) atoms. The van der Waals surface area contributed by atoms with Crippen LogP contribution in [-0.4, -0.2) is 44.9 Å². The zero-order chi connectivity index (χ0) is 22.6. The van der Waals surface area contributed by atoms with E-state index >= 15 is 0 Å². The van der Waals surface area contributed by atoms with Gasteiger partial charge in [0.1, 0.15) is 5.75 Å². The Balaban J connectivity index is 1.59. The summed E-state index contributed by atoms with van der Waals surface area (Å²) in [5, 5.41) is 2.85. The third-order valence-electron chi connectivity index (χ3n) is 5.17. The van der Waals surface area contributed by atoms with Crippen LogP contribution >= 0.6 is 0 Å². The van der Waals surface area contributed by atoms with Crippen molar-refractivity contribution in [3.05, 3.63) is 83.9 Å².